The third kappa shape index (κ3) is 5.95. The van der Waals surface area contributed by atoms with Crippen molar-refractivity contribution in [1.29, 1.82) is 5.26 Å². The summed E-state index contributed by atoms with van der Waals surface area (Å²) in [5.41, 5.74) is 6.22. The number of amides is 1. The number of aromatic nitrogens is 1. The predicted molar refractivity (Wildman–Crippen MR) is 179 cm³/mol. The molecule has 6 aromatic rings. The molecule has 230 valence electrons. The minimum Gasteiger partial charge on any atom is -0.478 e. The number of nitrogens with zero attached hydrogens (tertiary/aromatic N) is 2. The number of carboxylic acids is 1. The maximum Gasteiger partial charge on any atom is 0.335 e. The largest absolute Gasteiger partial charge is 0.478 e. The number of aromatic carboxylic acids is 1. The van der Waals surface area contributed by atoms with Crippen LogP contribution in [0.1, 0.15) is 50.2 Å². The van der Waals surface area contributed by atoms with Gasteiger partial charge in [0.25, 0.3) is 5.91 Å². The van der Waals surface area contributed by atoms with Gasteiger partial charge in [0, 0.05) is 29.5 Å². The minimum absolute atomic E-state index is 0.190. The van der Waals surface area contributed by atoms with Crippen molar-refractivity contribution in [3.05, 3.63) is 155 Å². The monoisotopic (exact) mass is 620 g/mol. The summed E-state index contributed by atoms with van der Waals surface area (Å²) in [7, 11) is 0. The van der Waals surface area contributed by atoms with Gasteiger partial charge in [-0.15, -0.1) is 0 Å². The molecule has 1 fully saturated rings. The summed E-state index contributed by atoms with van der Waals surface area (Å²) in [6.45, 7) is 0.503. The average molecular weight is 621 g/mol. The first kappa shape index (κ1) is 29.5. The van der Waals surface area contributed by atoms with E-state index in [4.69, 9.17) is 0 Å². The van der Waals surface area contributed by atoms with Crippen molar-refractivity contribution in [2.45, 2.75) is 24.9 Å². The SMILES string of the molecule is N#Cc1cc(F)cc(Nc2ccc(C(=O)NC3(c4ccc(C(=O)O)cc4)CC3)c3c2ccn3Cc2ccc(-c3ccccc3)cc2)c1. The molecular formula is C39H29FN4O3. The van der Waals surface area contributed by atoms with Crippen molar-refractivity contribution < 1.29 is 19.1 Å². The van der Waals surface area contributed by atoms with Gasteiger partial charge in [-0.3, -0.25) is 4.79 Å². The third-order valence-corrected chi connectivity index (χ3v) is 8.68. The van der Waals surface area contributed by atoms with Gasteiger partial charge < -0.3 is 20.3 Å². The zero-order valence-corrected chi connectivity index (χ0v) is 25.2. The first-order chi connectivity index (χ1) is 22.8. The normalized spacial score (nSPS) is 13.1. The van der Waals surface area contributed by atoms with E-state index in [9.17, 15) is 24.3 Å². The first-order valence-corrected chi connectivity index (χ1v) is 15.2. The maximum absolute atomic E-state index is 14.3. The molecule has 1 saturated carbocycles. The summed E-state index contributed by atoms with van der Waals surface area (Å²) in [6, 6.07) is 36.6. The Bertz CT molecular complexity index is 2180. The molecule has 5 aromatic carbocycles. The highest BCUT2D eigenvalue weighted by Gasteiger charge is 2.46. The lowest BCUT2D eigenvalue weighted by molar-refractivity contribution is 0.0696. The predicted octanol–water partition coefficient (Wildman–Crippen LogP) is 8.23. The van der Waals surface area contributed by atoms with Crippen LogP contribution in [0.25, 0.3) is 22.0 Å². The zero-order chi connectivity index (χ0) is 32.5. The van der Waals surface area contributed by atoms with Crippen molar-refractivity contribution in [2.24, 2.45) is 0 Å². The fraction of sp³-hybridized carbons (Fsp3) is 0.103. The van der Waals surface area contributed by atoms with Crippen molar-refractivity contribution >= 4 is 34.2 Å². The number of carbonyl (C=O) groups excluding carboxylic acids is 1. The molecule has 1 aliphatic carbocycles. The van der Waals surface area contributed by atoms with Crippen molar-refractivity contribution in [3.63, 3.8) is 0 Å². The number of hydrogen-bond acceptors (Lipinski definition) is 4. The molecule has 0 saturated heterocycles. The Hall–Kier alpha value is -6.20. The highest BCUT2D eigenvalue weighted by Crippen LogP contribution is 2.46. The summed E-state index contributed by atoms with van der Waals surface area (Å²) in [4.78, 5) is 25.4. The lowest BCUT2D eigenvalue weighted by Gasteiger charge is -2.20. The van der Waals surface area contributed by atoms with Crippen molar-refractivity contribution in [2.75, 3.05) is 5.32 Å². The number of anilines is 2. The molecule has 7 rings (SSSR count). The second kappa shape index (κ2) is 12.0. The topological polar surface area (TPSA) is 107 Å². The molecule has 0 aliphatic heterocycles. The van der Waals surface area contributed by atoms with Crippen LogP contribution in [0.2, 0.25) is 0 Å². The molecule has 1 aliphatic rings. The van der Waals surface area contributed by atoms with E-state index < -0.39 is 17.3 Å². The Labute approximate surface area is 270 Å². The van der Waals surface area contributed by atoms with Gasteiger partial charge in [-0.2, -0.15) is 5.26 Å². The summed E-state index contributed by atoms with van der Waals surface area (Å²) in [5, 5.41) is 25.9. The Kier molecular flexibility index (Phi) is 7.50. The van der Waals surface area contributed by atoms with Gasteiger partial charge >= 0.3 is 5.97 Å². The van der Waals surface area contributed by atoms with Gasteiger partial charge in [0.15, 0.2) is 0 Å². The van der Waals surface area contributed by atoms with E-state index in [1.54, 1.807) is 42.5 Å². The third-order valence-electron chi connectivity index (χ3n) is 8.68. The van der Waals surface area contributed by atoms with Crippen LogP contribution in [0.4, 0.5) is 15.8 Å². The van der Waals surface area contributed by atoms with Gasteiger partial charge in [-0.25, -0.2) is 9.18 Å². The van der Waals surface area contributed by atoms with Gasteiger partial charge in [-0.05, 0) is 83.6 Å². The maximum atomic E-state index is 14.3. The quantitative estimate of drug-likeness (QED) is 0.151. The van der Waals surface area contributed by atoms with Crippen LogP contribution in [0.15, 0.2) is 121 Å². The molecule has 1 aromatic heterocycles. The lowest BCUT2D eigenvalue weighted by atomic mass is 10.0. The van der Waals surface area contributed by atoms with E-state index in [2.05, 4.69) is 47.0 Å². The molecule has 1 heterocycles. The van der Waals surface area contributed by atoms with Crippen LogP contribution in [-0.2, 0) is 12.1 Å². The summed E-state index contributed by atoms with van der Waals surface area (Å²) >= 11 is 0. The van der Waals surface area contributed by atoms with E-state index in [1.807, 2.05) is 41.1 Å². The van der Waals surface area contributed by atoms with E-state index in [0.29, 0.717) is 29.0 Å². The number of rotatable bonds is 9. The van der Waals surface area contributed by atoms with Crippen LogP contribution in [0.5, 0.6) is 0 Å². The molecule has 7 nitrogen and oxygen atoms in total. The summed E-state index contributed by atoms with van der Waals surface area (Å²) < 4.78 is 16.3. The Morgan fingerprint density at radius 2 is 1.60 bits per heavy atom. The fourth-order valence-corrected chi connectivity index (χ4v) is 6.09. The fourth-order valence-electron chi connectivity index (χ4n) is 6.09. The van der Waals surface area contributed by atoms with Crippen LogP contribution in [0.3, 0.4) is 0 Å². The van der Waals surface area contributed by atoms with E-state index in [0.717, 1.165) is 40.5 Å². The highest BCUT2D eigenvalue weighted by atomic mass is 19.1. The average Bonchev–Trinajstić information content (AvgIpc) is 3.75. The van der Waals surface area contributed by atoms with Crippen LogP contribution >= 0.6 is 0 Å². The molecular weight excluding hydrogens is 591 g/mol. The Morgan fingerprint density at radius 3 is 2.28 bits per heavy atom. The number of benzene rings is 5. The van der Waals surface area contributed by atoms with Crippen molar-refractivity contribution in [3.8, 4) is 17.2 Å². The number of nitrogens with one attached hydrogen (secondary N) is 2. The molecule has 0 radical (unpaired) electrons. The summed E-state index contributed by atoms with van der Waals surface area (Å²) in [6.07, 6.45) is 3.41. The van der Waals surface area contributed by atoms with Crippen LogP contribution < -0.4 is 10.6 Å². The molecule has 47 heavy (non-hydrogen) atoms. The molecule has 1 amide bonds. The number of nitriles is 1. The Balaban J connectivity index is 1.25. The van der Waals surface area contributed by atoms with Gasteiger partial charge in [0.05, 0.1) is 33.8 Å². The number of carbonyl (C=O) groups is 2. The number of fused-ring (bicyclic) bond motifs is 1. The highest BCUT2D eigenvalue weighted by molar-refractivity contribution is 6.10. The summed E-state index contributed by atoms with van der Waals surface area (Å²) in [5.74, 6) is -1.78. The minimum atomic E-state index is -1.00. The smallest absolute Gasteiger partial charge is 0.335 e. The van der Waals surface area contributed by atoms with Crippen LogP contribution in [-0.4, -0.2) is 21.6 Å². The van der Waals surface area contributed by atoms with Gasteiger partial charge in [0.1, 0.15) is 5.82 Å². The second-order valence-electron chi connectivity index (χ2n) is 11.8. The first-order valence-electron chi connectivity index (χ1n) is 15.2. The molecule has 0 atom stereocenters. The molecule has 8 heteroatoms. The molecule has 0 bridgehead atoms. The van der Waals surface area contributed by atoms with Gasteiger partial charge in [0.2, 0.25) is 0 Å². The van der Waals surface area contributed by atoms with E-state index >= 15 is 0 Å². The lowest BCUT2D eigenvalue weighted by Crippen LogP contribution is -2.35. The Morgan fingerprint density at radius 1 is 0.872 bits per heavy atom. The number of halogens is 1. The number of carboxylic acid groups (broad SMARTS) is 1. The molecule has 0 spiro atoms. The second-order valence-corrected chi connectivity index (χ2v) is 11.8. The van der Waals surface area contributed by atoms with E-state index in [-0.39, 0.29) is 17.0 Å². The zero-order valence-electron chi connectivity index (χ0n) is 25.2. The molecule has 3 N–H and O–H groups in total. The van der Waals surface area contributed by atoms with Crippen molar-refractivity contribution in [1.82, 2.24) is 9.88 Å². The van der Waals surface area contributed by atoms with Gasteiger partial charge in [-0.1, -0.05) is 66.7 Å². The number of hydrogen-bond donors (Lipinski definition) is 3. The molecule has 0 unspecified atom stereocenters. The standard InChI is InChI=1S/C39H29FN4O3/c40-31-20-26(23-41)21-32(22-31)42-35-15-14-34(37(45)43-39(17-18-39)30-12-10-29(11-13-30)38(46)47)36-33(35)16-19-44(36)24-25-6-8-28(9-7-25)27-4-2-1-3-5-27/h1-16,19-22,42H,17-18,24H2,(H,43,45)(H,46,47). The van der Waals surface area contributed by atoms with E-state index in [1.165, 1.54) is 12.1 Å². The van der Waals surface area contributed by atoms with Crippen LogP contribution in [0, 0.1) is 17.1 Å².